The highest BCUT2D eigenvalue weighted by molar-refractivity contribution is 5.77. The molecular weight excluding hydrogens is 358 g/mol. The Labute approximate surface area is 168 Å². The smallest absolute Gasteiger partial charge is 0.138 e. The standard InChI is InChI=1S/C25H19N3O/c29-22-16-24-23(26-17-22)18-27-28(24)25(19-10-4-1-5-11-19,20-12-6-2-7-13-20)21-14-8-3-9-15-21/h1-18,29H. The van der Waals surface area contributed by atoms with Crippen molar-refractivity contribution in [2.45, 2.75) is 5.54 Å². The molecule has 0 aliphatic carbocycles. The summed E-state index contributed by atoms with van der Waals surface area (Å²) in [5.74, 6) is 0.113. The predicted molar refractivity (Wildman–Crippen MR) is 114 cm³/mol. The van der Waals surface area contributed by atoms with Crippen molar-refractivity contribution in [3.05, 3.63) is 126 Å². The average molecular weight is 377 g/mol. The first-order chi connectivity index (χ1) is 14.3. The predicted octanol–water partition coefficient (Wildman–Crippen LogP) is 4.98. The van der Waals surface area contributed by atoms with Gasteiger partial charge in [0.2, 0.25) is 0 Å². The van der Waals surface area contributed by atoms with E-state index in [2.05, 4.69) is 41.4 Å². The van der Waals surface area contributed by atoms with Crippen LogP contribution in [0.1, 0.15) is 16.7 Å². The van der Waals surface area contributed by atoms with Crippen LogP contribution in [0.2, 0.25) is 0 Å². The van der Waals surface area contributed by atoms with Crippen molar-refractivity contribution in [3.8, 4) is 5.75 Å². The van der Waals surface area contributed by atoms with Gasteiger partial charge in [-0.3, -0.25) is 0 Å². The lowest BCUT2D eigenvalue weighted by molar-refractivity contribution is 0.465. The Balaban J connectivity index is 1.97. The number of aromatic hydroxyl groups is 1. The van der Waals surface area contributed by atoms with Crippen molar-refractivity contribution in [1.82, 2.24) is 14.8 Å². The fourth-order valence-corrected chi connectivity index (χ4v) is 4.07. The summed E-state index contributed by atoms with van der Waals surface area (Å²) < 4.78 is 1.97. The van der Waals surface area contributed by atoms with Crippen LogP contribution in [0.4, 0.5) is 0 Å². The number of benzene rings is 3. The van der Waals surface area contributed by atoms with E-state index in [1.54, 1.807) is 12.3 Å². The Morgan fingerprint density at radius 3 is 1.62 bits per heavy atom. The number of pyridine rings is 1. The number of nitrogens with zero attached hydrogens (tertiary/aromatic N) is 3. The molecule has 2 aromatic heterocycles. The monoisotopic (exact) mass is 377 g/mol. The van der Waals surface area contributed by atoms with Crippen molar-refractivity contribution < 1.29 is 5.11 Å². The van der Waals surface area contributed by atoms with Crippen molar-refractivity contribution >= 4 is 11.0 Å². The Bertz CT molecular complexity index is 1150. The van der Waals surface area contributed by atoms with Gasteiger partial charge >= 0.3 is 0 Å². The minimum Gasteiger partial charge on any atom is -0.506 e. The van der Waals surface area contributed by atoms with Crippen LogP contribution >= 0.6 is 0 Å². The molecule has 0 aliphatic rings. The third kappa shape index (κ3) is 2.69. The van der Waals surface area contributed by atoms with Gasteiger partial charge in [-0.25, -0.2) is 9.67 Å². The Hall–Kier alpha value is -3.92. The maximum Gasteiger partial charge on any atom is 0.138 e. The number of hydrogen-bond acceptors (Lipinski definition) is 3. The van der Waals surface area contributed by atoms with Gasteiger partial charge in [-0.15, -0.1) is 0 Å². The molecule has 1 N–H and O–H groups in total. The third-order valence-corrected chi connectivity index (χ3v) is 5.30. The zero-order chi connectivity index (χ0) is 19.7. The Morgan fingerprint density at radius 1 is 0.655 bits per heavy atom. The number of hydrogen-bond donors (Lipinski definition) is 1. The van der Waals surface area contributed by atoms with Gasteiger partial charge in [0.1, 0.15) is 16.8 Å². The molecule has 0 atom stereocenters. The molecule has 140 valence electrons. The summed E-state index contributed by atoms with van der Waals surface area (Å²) in [4.78, 5) is 4.36. The van der Waals surface area contributed by atoms with Crippen LogP contribution in [-0.4, -0.2) is 19.9 Å². The second-order valence-corrected chi connectivity index (χ2v) is 6.96. The zero-order valence-corrected chi connectivity index (χ0v) is 15.7. The van der Waals surface area contributed by atoms with Crippen LogP contribution in [0.15, 0.2) is 109 Å². The second kappa shape index (κ2) is 6.91. The zero-order valence-electron chi connectivity index (χ0n) is 15.7. The molecule has 0 radical (unpaired) electrons. The van der Waals surface area contributed by atoms with Crippen LogP contribution < -0.4 is 0 Å². The van der Waals surface area contributed by atoms with E-state index in [1.807, 2.05) is 59.3 Å². The normalized spacial score (nSPS) is 11.6. The number of aromatic nitrogens is 3. The highest BCUT2D eigenvalue weighted by atomic mass is 16.3. The third-order valence-electron chi connectivity index (χ3n) is 5.30. The molecule has 0 aliphatic heterocycles. The summed E-state index contributed by atoms with van der Waals surface area (Å²) >= 11 is 0. The molecule has 0 amide bonds. The van der Waals surface area contributed by atoms with Crippen LogP contribution in [0, 0.1) is 0 Å². The summed E-state index contributed by atoms with van der Waals surface area (Å²) in [7, 11) is 0. The molecule has 4 heteroatoms. The van der Waals surface area contributed by atoms with E-state index in [1.165, 1.54) is 6.20 Å². The van der Waals surface area contributed by atoms with E-state index in [0.29, 0.717) is 0 Å². The first-order valence-electron chi connectivity index (χ1n) is 9.50. The second-order valence-electron chi connectivity index (χ2n) is 6.96. The van der Waals surface area contributed by atoms with Crippen LogP contribution in [0.5, 0.6) is 5.75 Å². The minimum absolute atomic E-state index is 0.113. The summed E-state index contributed by atoms with van der Waals surface area (Å²) in [5.41, 5.74) is 4.00. The number of rotatable bonds is 4. The molecular formula is C25H19N3O. The first kappa shape index (κ1) is 17.2. The van der Waals surface area contributed by atoms with Crippen molar-refractivity contribution in [1.29, 1.82) is 0 Å². The maximum absolute atomic E-state index is 10.1. The van der Waals surface area contributed by atoms with E-state index >= 15 is 0 Å². The molecule has 0 unspecified atom stereocenters. The van der Waals surface area contributed by atoms with E-state index in [-0.39, 0.29) is 5.75 Å². The van der Waals surface area contributed by atoms with Gasteiger partial charge in [-0.2, -0.15) is 5.10 Å². The lowest BCUT2D eigenvalue weighted by Gasteiger charge is -2.36. The van der Waals surface area contributed by atoms with Crippen LogP contribution in [0.3, 0.4) is 0 Å². The largest absolute Gasteiger partial charge is 0.506 e. The van der Waals surface area contributed by atoms with Gasteiger partial charge in [-0.1, -0.05) is 91.0 Å². The SMILES string of the molecule is Oc1cnc2cnn(C(c3ccccc3)(c3ccccc3)c3ccccc3)c2c1. The fourth-order valence-electron chi connectivity index (χ4n) is 4.07. The van der Waals surface area contributed by atoms with Gasteiger partial charge in [0.25, 0.3) is 0 Å². The average Bonchev–Trinajstić information content (AvgIpc) is 3.20. The molecule has 0 spiro atoms. The number of fused-ring (bicyclic) bond motifs is 1. The molecule has 29 heavy (non-hydrogen) atoms. The Morgan fingerprint density at radius 2 is 1.14 bits per heavy atom. The first-order valence-corrected chi connectivity index (χ1v) is 9.50. The molecule has 0 bridgehead atoms. The van der Waals surface area contributed by atoms with E-state index in [9.17, 15) is 5.11 Å². The van der Waals surface area contributed by atoms with Crippen molar-refractivity contribution in [3.63, 3.8) is 0 Å². The summed E-state index contributed by atoms with van der Waals surface area (Å²) in [6.07, 6.45) is 3.20. The molecule has 2 heterocycles. The lowest BCUT2D eigenvalue weighted by Crippen LogP contribution is -2.38. The van der Waals surface area contributed by atoms with E-state index in [0.717, 1.165) is 27.7 Å². The Kier molecular flexibility index (Phi) is 4.10. The molecule has 0 fully saturated rings. The molecule has 5 rings (SSSR count). The summed E-state index contributed by atoms with van der Waals surface area (Å²) in [5, 5.41) is 14.9. The molecule has 3 aromatic carbocycles. The van der Waals surface area contributed by atoms with Crippen molar-refractivity contribution in [2.75, 3.05) is 0 Å². The van der Waals surface area contributed by atoms with Crippen LogP contribution in [0.25, 0.3) is 11.0 Å². The van der Waals surface area contributed by atoms with E-state index in [4.69, 9.17) is 5.10 Å². The van der Waals surface area contributed by atoms with E-state index < -0.39 is 5.54 Å². The molecule has 0 saturated carbocycles. The maximum atomic E-state index is 10.1. The lowest BCUT2D eigenvalue weighted by atomic mass is 9.77. The minimum atomic E-state index is -0.721. The summed E-state index contributed by atoms with van der Waals surface area (Å²) in [6, 6.07) is 32.7. The molecule has 0 saturated heterocycles. The highest BCUT2D eigenvalue weighted by Crippen LogP contribution is 2.42. The van der Waals surface area contributed by atoms with Crippen molar-refractivity contribution in [2.24, 2.45) is 0 Å². The molecule has 5 aromatic rings. The van der Waals surface area contributed by atoms with Gasteiger partial charge in [0.05, 0.1) is 17.9 Å². The quantitative estimate of drug-likeness (QED) is 0.450. The fraction of sp³-hybridized carbons (Fsp3) is 0.0400. The van der Waals surface area contributed by atoms with Gasteiger partial charge in [0.15, 0.2) is 0 Å². The topological polar surface area (TPSA) is 50.9 Å². The molecule has 4 nitrogen and oxygen atoms in total. The highest BCUT2D eigenvalue weighted by Gasteiger charge is 2.40. The van der Waals surface area contributed by atoms with Gasteiger partial charge in [0, 0.05) is 6.07 Å². The van der Waals surface area contributed by atoms with Gasteiger partial charge in [-0.05, 0) is 16.7 Å². The van der Waals surface area contributed by atoms with Gasteiger partial charge < -0.3 is 5.11 Å². The summed E-state index contributed by atoms with van der Waals surface area (Å²) in [6.45, 7) is 0. The van der Waals surface area contributed by atoms with Crippen LogP contribution in [-0.2, 0) is 5.54 Å².